The summed E-state index contributed by atoms with van der Waals surface area (Å²) < 4.78 is 0. The quantitative estimate of drug-likeness (QED) is 0.612. The lowest BCUT2D eigenvalue weighted by molar-refractivity contribution is -0.0256. The van der Waals surface area contributed by atoms with E-state index in [-0.39, 0.29) is 0 Å². The molecule has 0 rings (SSSR count). The first kappa shape index (κ1) is 12.9. The number of rotatable bonds is 7. The molecule has 0 aromatic heterocycles. The lowest BCUT2D eigenvalue weighted by Crippen LogP contribution is -2.47. The highest BCUT2D eigenvalue weighted by molar-refractivity contribution is 4.49. The van der Waals surface area contributed by atoms with Crippen molar-refractivity contribution in [3.05, 3.63) is 0 Å². The molecule has 1 N–H and O–H groups in total. The molecule has 0 saturated heterocycles. The second-order valence-electron chi connectivity index (χ2n) is 4.00. The van der Waals surface area contributed by atoms with Crippen molar-refractivity contribution in [1.82, 2.24) is 15.6 Å². The van der Waals surface area contributed by atoms with E-state index in [4.69, 9.17) is 0 Å². The Hall–Kier alpha value is -0.120. The molecule has 0 fully saturated rings. The van der Waals surface area contributed by atoms with E-state index in [1.165, 1.54) is 12.8 Å². The largest absolute Gasteiger partial charge is 0.242 e. The van der Waals surface area contributed by atoms with E-state index in [0.717, 1.165) is 19.0 Å². The van der Waals surface area contributed by atoms with Gasteiger partial charge in [-0.05, 0) is 18.8 Å². The van der Waals surface area contributed by atoms with Crippen LogP contribution in [0.2, 0.25) is 0 Å². The van der Waals surface area contributed by atoms with Gasteiger partial charge in [-0.2, -0.15) is 5.12 Å². The summed E-state index contributed by atoms with van der Waals surface area (Å²) in [6.45, 7) is 8.85. The average molecular weight is 187 g/mol. The number of hydrogen-bond donors (Lipinski definition) is 1. The molecule has 0 bridgehead atoms. The monoisotopic (exact) mass is 187 g/mol. The first-order chi connectivity index (χ1) is 6.07. The molecule has 80 valence electrons. The van der Waals surface area contributed by atoms with Crippen molar-refractivity contribution < 1.29 is 0 Å². The highest BCUT2D eigenvalue weighted by Crippen LogP contribution is 2.00. The van der Waals surface area contributed by atoms with E-state index in [1.807, 2.05) is 0 Å². The van der Waals surface area contributed by atoms with Gasteiger partial charge in [0, 0.05) is 27.2 Å². The Morgan fingerprint density at radius 1 is 1.23 bits per heavy atom. The number of nitrogens with one attached hydrogen (secondary N) is 1. The first-order valence-electron chi connectivity index (χ1n) is 5.26. The number of nitrogens with zero attached hydrogens (tertiary/aromatic N) is 2. The maximum absolute atomic E-state index is 3.32. The minimum atomic E-state index is 0.780. The van der Waals surface area contributed by atoms with Crippen molar-refractivity contribution in [3.8, 4) is 0 Å². The van der Waals surface area contributed by atoms with Gasteiger partial charge in [-0.25, -0.2) is 10.4 Å². The summed E-state index contributed by atoms with van der Waals surface area (Å²) in [7, 11) is 4.18. The highest BCUT2D eigenvalue weighted by atomic mass is 15.8. The zero-order valence-corrected chi connectivity index (χ0v) is 9.80. The molecule has 0 aliphatic heterocycles. The Morgan fingerprint density at radius 2 is 1.85 bits per heavy atom. The molecule has 0 spiro atoms. The molecule has 0 unspecified atom stereocenters. The van der Waals surface area contributed by atoms with Crippen LogP contribution in [0.5, 0.6) is 0 Å². The summed E-state index contributed by atoms with van der Waals surface area (Å²) in [6.07, 6.45) is 2.41. The van der Waals surface area contributed by atoms with E-state index in [0.29, 0.717) is 0 Å². The van der Waals surface area contributed by atoms with E-state index < -0.39 is 0 Å². The first-order valence-corrected chi connectivity index (χ1v) is 5.26. The minimum absolute atomic E-state index is 0.780. The molecule has 0 amide bonds. The molecule has 0 aromatic carbocycles. The minimum Gasteiger partial charge on any atom is -0.242 e. The van der Waals surface area contributed by atoms with Crippen LogP contribution >= 0.6 is 0 Å². The lowest BCUT2D eigenvalue weighted by Gasteiger charge is -2.29. The highest BCUT2D eigenvalue weighted by Gasteiger charge is 2.04. The van der Waals surface area contributed by atoms with Crippen LogP contribution < -0.4 is 5.43 Å². The molecule has 3 heteroatoms. The van der Waals surface area contributed by atoms with Gasteiger partial charge in [0.2, 0.25) is 0 Å². The van der Waals surface area contributed by atoms with Crippen molar-refractivity contribution in [2.24, 2.45) is 5.92 Å². The Kier molecular flexibility index (Phi) is 7.23. The summed E-state index contributed by atoms with van der Waals surface area (Å²) in [6, 6.07) is 0. The Bertz CT molecular complexity index is 115. The van der Waals surface area contributed by atoms with Gasteiger partial charge in [0.15, 0.2) is 0 Å². The van der Waals surface area contributed by atoms with Crippen LogP contribution in [0.4, 0.5) is 0 Å². The van der Waals surface area contributed by atoms with Gasteiger partial charge < -0.3 is 0 Å². The van der Waals surface area contributed by atoms with Gasteiger partial charge in [-0.3, -0.25) is 0 Å². The Labute approximate surface area is 83.0 Å². The lowest BCUT2D eigenvalue weighted by atomic mass is 10.1. The van der Waals surface area contributed by atoms with Crippen molar-refractivity contribution >= 4 is 0 Å². The number of hydrazine groups is 2. The standard InChI is InChI=1S/C10H25N3/c1-6-8-11-13(5)12(4)9-7-10(2)3/h10-11H,6-9H2,1-5H3. The molecule has 13 heavy (non-hydrogen) atoms. The Balaban J connectivity index is 3.50. The fraction of sp³-hybridized carbons (Fsp3) is 1.00. The Morgan fingerprint density at radius 3 is 2.31 bits per heavy atom. The van der Waals surface area contributed by atoms with Crippen LogP contribution in [0.1, 0.15) is 33.6 Å². The molecular formula is C10H25N3. The smallest absolute Gasteiger partial charge is 0.0176 e. The van der Waals surface area contributed by atoms with Gasteiger partial charge >= 0.3 is 0 Å². The SMILES string of the molecule is CCCNN(C)N(C)CCC(C)C. The molecule has 0 aliphatic rings. The van der Waals surface area contributed by atoms with Crippen LogP contribution in [0.3, 0.4) is 0 Å². The van der Waals surface area contributed by atoms with Crippen molar-refractivity contribution in [3.63, 3.8) is 0 Å². The van der Waals surface area contributed by atoms with Crippen molar-refractivity contribution in [1.29, 1.82) is 0 Å². The van der Waals surface area contributed by atoms with Crippen molar-refractivity contribution in [2.75, 3.05) is 27.2 Å². The topological polar surface area (TPSA) is 18.5 Å². The second-order valence-corrected chi connectivity index (χ2v) is 4.00. The summed E-state index contributed by atoms with van der Waals surface area (Å²) in [5.41, 5.74) is 3.32. The molecule has 0 aliphatic carbocycles. The van der Waals surface area contributed by atoms with Gasteiger partial charge in [-0.15, -0.1) is 0 Å². The van der Waals surface area contributed by atoms with Crippen LogP contribution in [0.15, 0.2) is 0 Å². The molecule has 3 nitrogen and oxygen atoms in total. The average Bonchev–Trinajstić information content (AvgIpc) is 2.10. The van der Waals surface area contributed by atoms with E-state index in [1.54, 1.807) is 0 Å². The summed E-state index contributed by atoms with van der Waals surface area (Å²) in [4.78, 5) is 0. The van der Waals surface area contributed by atoms with Crippen LogP contribution in [-0.2, 0) is 0 Å². The van der Waals surface area contributed by atoms with E-state index in [9.17, 15) is 0 Å². The summed E-state index contributed by atoms with van der Waals surface area (Å²) >= 11 is 0. The van der Waals surface area contributed by atoms with E-state index >= 15 is 0 Å². The summed E-state index contributed by atoms with van der Waals surface area (Å²) in [5, 5.41) is 4.29. The molecule has 0 aromatic rings. The zero-order valence-electron chi connectivity index (χ0n) is 9.80. The number of hydrogen-bond acceptors (Lipinski definition) is 3. The van der Waals surface area contributed by atoms with Gasteiger partial charge in [0.1, 0.15) is 0 Å². The second kappa shape index (κ2) is 7.30. The van der Waals surface area contributed by atoms with Crippen LogP contribution in [0, 0.1) is 5.92 Å². The van der Waals surface area contributed by atoms with Gasteiger partial charge in [0.25, 0.3) is 0 Å². The third-order valence-corrected chi connectivity index (χ3v) is 2.13. The zero-order chi connectivity index (χ0) is 10.3. The molecule has 0 atom stereocenters. The fourth-order valence-corrected chi connectivity index (χ4v) is 0.989. The molecule has 0 saturated carbocycles. The normalized spacial score (nSPS) is 12.0. The maximum atomic E-state index is 3.32. The van der Waals surface area contributed by atoms with Crippen LogP contribution in [-0.4, -0.2) is 37.3 Å². The maximum Gasteiger partial charge on any atom is 0.0176 e. The predicted octanol–water partition coefficient (Wildman–Crippen LogP) is 1.73. The third-order valence-electron chi connectivity index (χ3n) is 2.13. The fourth-order valence-electron chi connectivity index (χ4n) is 0.989. The predicted molar refractivity (Wildman–Crippen MR) is 58.1 cm³/mol. The van der Waals surface area contributed by atoms with Crippen molar-refractivity contribution in [2.45, 2.75) is 33.6 Å². The van der Waals surface area contributed by atoms with Crippen LogP contribution in [0.25, 0.3) is 0 Å². The molecular weight excluding hydrogens is 162 g/mol. The van der Waals surface area contributed by atoms with E-state index in [2.05, 4.69) is 50.4 Å². The summed E-state index contributed by atoms with van der Waals surface area (Å²) in [5.74, 6) is 0.780. The molecule has 0 heterocycles. The molecule has 0 radical (unpaired) electrons. The third kappa shape index (κ3) is 6.99. The van der Waals surface area contributed by atoms with Gasteiger partial charge in [0.05, 0.1) is 0 Å². The van der Waals surface area contributed by atoms with Gasteiger partial charge in [-0.1, -0.05) is 20.8 Å².